The number of aryl methyl sites for hydroxylation is 1. The third kappa shape index (κ3) is 4.00. The van der Waals surface area contributed by atoms with Crippen molar-refractivity contribution >= 4 is 15.8 Å². The van der Waals surface area contributed by atoms with Gasteiger partial charge in [0.25, 0.3) is 0 Å². The summed E-state index contributed by atoms with van der Waals surface area (Å²) in [6.07, 6.45) is 0. The summed E-state index contributed by atoms with van der Waals surface area (Å²) in [5.41, 5.74) is 2.35. The minimum atomic E-state index is -3.63. The monoisotopic (exact) mass is 303 g/mol. The van der Waals surface area contributed by atoms with Gasteiger partial charge >= 0.3 is 0 Å². The molecule has 5 heteroatoms. The summed E-state index contributed by atoms with van der Waals surface area (Å²) in [6, 6.07) is 13.7. The lowest BCUT2D eigenvalue weighted by atomic mass is 10.1. The molecule has 0 spiro atoms. The molecule has 0 saturated carbocycles. The minimum Gasteiger partial charge on any atom is -0.295 e. The van der Waals surface area contributed by atoms with Crippen molar-refractivity contribution in [3.8, 4) is 0 Å². The first-order valence-corrected chi connectivity index (χ1v) is 8.03. The second-order valence-corrected chi connectivity index (χ2v) is 6.66. The van der Waals surface area contributed by atoms with E-state index in [2.05, 4.69) is 4.72 Å². The number of sulfonamides is 1. The number of benzene rings is 2. The van der Waals surface area contributed by atoms with Crippen LogP contribution in [0.3, 0.4) is 0 Å². The van der Waals surface area contributed by atoms with Gasteiger partial charge in [-0.05, 0) is 31.5 Å². The van der Waals surface area contributed by atoms with Gasteiger partial charge in [-0.25, -0.2) is 13.1 Å². The van der Waals surface area contributed by atoms with Crippen LogP contribution in [0.1, 0.15) is 28.4 Å². The molecule has 110 valence electrons. The molecule has 21 heavy (non-hydrogen) atoms. The van der Waals surface area contributed by atoms with Crippen molar-refractivity contribution in [2.75, 3.05) is 0 Å². The smallest absolute Gasteiger partial charge is 0.240 e. The van der Waals surface area contributed by atoms with Crippen LogP contribution in [-0.2, 0) is 16.6 Å². The second kappa shape index (κ2) is 6.20. The average Bonchev–Trinajstić information content (AvgIpc) is 2.45. The lowest BCUT2D eigenvalue weighted by molar-refractivity contribution is 0.101. The van der Waals surface area contributed by atoms with Gasteiger partial charge in [0.05, 0.1) is 4.90 Å². The second-order valence-electron chi connectivity index (χ2n) is 4.90. The summed E-state index contributed by atoms with van der Waals surface area (Å²) in [4.78, 5) is 11.4. The molecule has 0 saturated heterocycles. The zero-order valence-electron chi connectivity index (χ0n) is 12.0. The van der Waals surface area contributed by atoms with Crippen LogP contribution in [0.2, 0.25) is 0 Å². The topological polar surface area (TPSA) is 63.2 Å². The summed E-state index contributed by atoms with van der Waals surface area (Å²) in [5, 5.41) is 0. The molecule has 0 amide bonds. The molecule has 0 aliphatic rings. The SMILES string of the molecule is CC(=O)c1cccc(S(=O)(=O)NCc2cccc(C)c2)c1. The molecule has 0 fully saturated rings. The number of Topliss-reactive ketones (excluding diaryl/α,β-unsaturated/α-hetero) is 1. The normalized spacial score (nSPS) is 11.3. The van der Waals surface area contributed by atoms with Crippen LogP contribution < -0.4 is 4.72 Å². The lowest BCUT2D eigenvalue weighted by Gasteiger charge is -2.08. The molecular weight excluding hydrogens is 286 g/mol. The van der Waals surface area contributed by atoms with E-state index in [0.29, 0.717) is 5.56 Å². The molecular formula is C16H17NO3S. The molecule has 1 N–H and O–H groups in total. The van der Waals surface area contributed by atoms with E-state index < -0.39 is 10.0 Å². The first kappa shape index (κ1) is 15.4. The van der Waals surface area contributed by atoms with E-state index in [-0.39, 0.29) is 17.2 Å². The Kier molecular flexibility index (Phi) is 4.55. The van der Waals surface area contributed by atoms with E-state index in [1.54, 1.807) is 12.1 Å². The minimum absolute atomic E-state index is 0.0999. The zero-order valence-corrected chi connectivity index (χ0v) is 12.8. The van der Waals surface area contributed by atoms with Gasteiger partial charge in [0.15, 0.2) is 5.78 Å². The summed E-state index contributed by atoms with van der Waals surface area (Å²) in [7, 11) is -3.63. The molecule has 0 aromatic heterocycles. The fourth-order valence-corrected chi connectivity index (χ4v) is 3.03. The number of carbonyl (C=O) groups is 1. The van der Waals surface area contributed by atoms with E-state index in [1.807, 2.05) is 31.2 Å². The van der Waals surface area contributed by atoms with Crippen molar-refractivity contribution in [1.29, 1.82) is 0 Å². The van der Waals surface area contributed by atoms with Crippen molar-refractivity contribution in [3.05, 3.63) is 65.2 Å². The highest BCUT2D eigenvalue weighted by atomic mass is 32.2. The Morgan fingerprint density at radius 1 is 1.10 bits per heavy atom. The first-order chi connectivity index (χ1) is 9.88. The van der Waals surface area contributed by atoms with Gasteiger partial charge in [-0.2, -0.15) is 0 Å². The quantitative estimate of drug-likeness (QED) is 0.864. The molecule has 0 heterocycles. The molecule has 0 bridgehead atoms. The molecule has 0 unspecified atom stereocenters. The first-order valence-electron chi connectivity index (χ1n) is 6.55. The number of carbonyl (C=O) groups excluding carboxylic acids is 1. The molecule has 0 aliphatic carbocycles. The van der Waals surface area contributed by atoms with Crippen LogP contribution in [0, 0.1) is 6.92 Å². The predicted molar refractivity (Wildman–Crippen MR) is 81.7 cm³/mol. The number of hydrogen-bond acceptors (Lipinski definition) is 3. The maximum absolute atomic E-state index is 12.2. The summed E-state index contributed by atoms with van der Waals surface area (Å²) in [6.45, 7) is 3.58. The maximum Gasteiger partial charge on any atom is 0.240 e. The summed E-state index contributed by atoms with van der Waals surface area (Å²) in [5.74, 6) is -0.161. The Morgan fingerprint density at radius 3 is 2.48 bits per heavy atom. The van der Waals surface area contributed by atoms with Crippen molar-refractivity contribution in [3.63, 3.8) is 0 Å². The van der Waals surface area contributed by atoms with Crippen molar-refractivity contribution in [1.82, 2.24) is 4.72 Å². The third-order valence-electron chi connectivity index (χ3n) is 3.10. The van der Waals surface area contributed by atoms with E-state index in [0.717, 1.165) is 11.1 Å². The molecule has 0 aliphatic heterocycles. The van der Waals surface area contributed by atoms with Gasteiger partial charge in [-0.3, -0.25) is 4.79 Å². The van der Waals surface area contributed by atoms with Gasteiger partial charge in [0.2, 0.25) is 10.0 Å². The maximum atomic E-state index is 12.2. The van der Waals surface area contributed by atoms with E-state index >= 15 is 0 Å². The fraction of sp³-hybridized carbons (Fsp3) is 0.188. The number of ketones is 1. The Labute approximate surface area is 124 Å². The van der Waals surface area contributed by atoms with E-state index in [1.165, 1.54) is 19.1 Å². The highest BCUT2D eigenvalue weighted by Crippen LogP contribution is 2.13. The van der Waals surface area contributed by atoms with Crippen LogP contribution >= 0.6 is 0 Å². The van der Waals surface area contributed by atoms with E-state index in [4.69, 9.17) is 0 Å². The Balaban J connectivity index is 2.19. The van der Waals surface area contributed by atoms with Gasteiger partial charge in [0.1, 0.15) is 0 Å². The number of rotatable bonds is 5. The Morgan fingerprint density at radius 2 is 1.81 bits per heavy atom. The number of hydrogen-bond donors (Lipinski definition) is 1. The van der Waals surface area contributed by atoms with Crippen LogP contribution in [0.15, 0.2) is 53.4 Å². The highest BCUT2D eigenvalue weighted by Gasteiger charge is 2.15. The van der Waals surface area contributed by atoms with Crippen molar-refractivity contribution < 1.29 is 13.2 Å². The van der Waals surface area contributed by atoms with Crippen molar-refractivity contribution in [2.24, 2.45) is 0 Å². The third-order valence-corrected chi connectivity index (χ3v) is 4.50. The summed E-state index contributed by atoms with van der Waals surface area (Å²) >= 11 is 0. The molecule has 0 radical (unpaired) electrons. The predicted octanol–water partition coefficient (Wildman–Crippen LogP) is 2.68. The zero-order chi connectivity index (χ0) is 15.5. The molecule has 2 aromatic rings. The highest BCUT2D eigenvalue weighted by molar-refractivity contribution is 7.89. The molecule has 2 aromatic carbocycles. The van der Waals surface area contributed by atoms with Gasteiger partial charge < -0.3 is 0 Å². The van der Waals surface area contributed by atoms with Gasteiger partial charge in [-0.1, -0.05) is 42.0 Å². The van der Waals surface area contributed by atoms with Crippen molar-refractivity contribution in [2.45, 2.75) is 25.3 Å². The fourth-order valence-electron chi connectivity index (χ4n) is 1.97. The largest absolute Gasteiger partial charge is 0.295 e. The Hall–Kier alpha value is -1.98. The van der Waals surface area contributed by atoms with Crippen LogP contribution in [0.4, 0.5) is 0 Å². The van der Waals surface area contributed by atoms with E-state index in [9.17, 15) is 13.2 Å². The molecule has 2 rings (SSSR count). The standard InChI is InChI=1S/C16H17NO3S/c1-12-5-3-6-14(9-12)11-17-21(19,20)16-8-4-7-15(10-16)13(2)18/h3-10,17H,11H2,1-2H3. The average molecular weight is 303 g/mol. The molecule has 0 atom stereocenters. The number of nitrogens with one attached hydrogen (secondary N) is 1. The Bertz CT molecular complexity index is 767. The van der Waals surface area contributed by atoms with Gasteiger partial charge in [0, 0.05) is 12.1 Å². The summed E-state index contributed by atoms with van der Waals surface area (Å²) < 4.78 is 27.0. The van der Waals surface area contributed by atoms with Crippen LogP contribution in [0.25, 0.3) is 0 Å². The van der Waals surface area contributed by atoms with Crippen LogP contribution in [-0.4, -0.2) is 14.2 Å². The van der Waals surface area contributed by atoms with Crippen LogP contribution in [0.5, 0.6) is 0 Å². The lowest BCUT2D eigenvalue weighted by Crippen LogP contribution is -2.23. The van der Waals surface area contributed by atoms with Gasteiger partial charge in [-0.15, -0.1) is 0 Å². The molecule has 4 nitrogen and oxygen atoms in total.